The van der Waals surface area contributed by atoms with E-state index in [1.54, 1.807) is 12.3 Å². The van der Waals surface area contributed by atoms with Crippen LogP contribution in [0.25, 0.3) is 0 Å². The summed E-state index contributed by atoms with van der Waals surface area (Å²) in [6.07, 6.45) is 6.63. The summed E-state index contributed by atoms with van der Waals surface area (Å²) < 4.78 is 6.19. The lowest BCUT2D eigenvalue weighted by Gasteiger charge is -2.22. The molecule has 1 atom stereocenters. The topological polar surface area (TPSA) is 74.3 Å². The summed E-state index contributed by atoms with van der Waals surface area (Å²) >= 11 is 0. The van der Waals surface area contributed by atoms with Gasteiger partial charge in [-0.25, -0.2) is 4.98 Å². The van der Waals surface area contributed by atoms with E-state index in [-0.39, 0.29) is 12.0 Å². The second-order valence-corrected chi connectivity index (χ2v) is 6.27. The molecule has 24 heavy (non-hydrogen) atoms. The number of H-pyrrole nitrogens is 1. The standard InChI is InChI=1S/C17H21N5O2/c23-17(14-5-8-19-20-14)22-11-6-13(12-22)24-15-4-3-7-18-16(15)21-9-1-2-10-21/h3-5,7-8,13H,1-2,6,9-12H2,(H,19,20)/t13-/m0/s1. The van der Waals surface area contributed by atoms with Crippen LogP contribution in [0.2, 0.25) is 0 Å². The van der Waals surface area contributed by atoms with Crippen LogP contribution < -0.4 is 9.64 Å². The lowest BCUT2D eigenvalue weighted by Crippen LogP contribution is -2.31. The minimum atomic E-state index is -0.0236. The Labute approximate surface area is 140 Å². The maximum Gasteiger partial charge on any atom is 0.271 e. The van der Waals surface area contributed by atoms with Gasteiger partial charge in [0.1, 0.15) is 11.8 Å². The Morgan fingerprint density at radius 2 is 2.08 bits per heavy atom. The number of rotatable bonds is 4. The molecule has 0 spiro atoms. The Kier molecular flexibility index (Phi) is 4.06. The molecular formula is C17H21N5O2. The maximum absolute atomic E-state index is 12.4. The number of aromatic nitrogens is 3. The van der Waals surface area contributed by atoms with E-state index >= 15 is 0 Å². The van der Waals surface area contributed by atoms with Crippen LogP contribution in [0, 0.1) is 0 Å². The first-order valence-electron chi connectivity index (χ1n) is 8.46. The van der Waals surface area contributed by atoms with Gasteiger partial charge in [0.25, 0.3) is 5.91 Å². The van der Waals surface area contributed by atoms with Crippen molar-refractivity contribution in [3.63, 3.8) is 0 Å². The lowest BCUT2D eigenvalue weighted by atomic mass is 10.3. The van der Waals surface area contributed by atoms with Gasteiger partial charge in [0.15, 0.2) is 11.6 Å². The molecule has 126 valence electrons. The molecule has 1 N–H and O–H groups in total. The van der Waals surface area contributed by atoms with Crippen LogP contribution in [0.15, 0.2) is 30.6 Å². The molecule has 0 radical (unpaired) electrons. The number of amides is 1. The molecule has 4 rings (SSSR count). The molecule has 4 heterocycles. The zero-order valence-electron chi connectivity index (χ0n) is 13.5. The molecular weight excluding hydrogens is 306 g/mol. The van der Waals surface area contributed by atoms with Crippen molar-refractivity contribution in [3.8, 4) is 5.75 Å². The smallest absolute Gasteiger partial charge is 0.271 e. The van der Waals surface area contributed by atoms with Crippen molar-refractivity contribution in [1.29, 1.82) is 0 Å². The first kappa shape index (κ1) is 15.0. The second-order valence-electron chi connectivity index (χ2n) is 6.27. The summed E-state index contributed by atoms with van der Waals surface area (Å²) in [7, 11) is 0. The zero-order chi connectivity index (χ0) is 16.4. The number of pyridine rings is 1. The molecule has 0 aliphatic carbocycles. The third kappa shape index (κ3) is 2.93. The molecule has 2 aromatic rings. The van der Waals surface area contributed by atoms with Crippen molar-refractivity contribution in [3.05, 3.63) is 36.3 Å². The van der Waals surface area contributed by atoms with E-state index in [2.05, 4.69) is 20.1 Å². The Morgan fingerprint density at radius 3 is 2.88 bits per heavy atom. The van der Waals surface area contributed by atoms with Crippen LogP contribution in [0.3, 0.4) is 0 Å². The molecule has 0 unspecified atom stereocenters. The number of hydrogen-bond donors (Lipinski definition) is 1. The highest BCUT2D eigenvalue weighted by Crippen LogP contribution is 2.30. The number of ether oxygens (including phenoxy) is 1. The minimum Gasteiger partial charge on any atom is -0.485 e. The lowest BCUT2D eigenvalue weighted by molar-refractivity contribution is 0.0766. The summed E-state index contributed by atoms with van der Waals surface area (Å²) in [5.41, 5.74) is 0.523. The van der Waals surface area contributed by atoms with Crippen LogP contribution in [0.1, 0.15) is 29.8 Å². The van der Waals surface area contributed by atoms with Gasteiger partial charge in [-0.05, 0) is 31.0 Å². The van der Waals surface area contributed by atoms with E-state index in [0.29, 0.717) is 18.8 Å². The highest BCUT2D eigenvalue weighted by atomic mass is 16.5. The number of aromatic amines is 1. The number of carbonyl (C=O) groups excluding carboxylic acids is 1. The number of hydrogen-bond acceptors (Lipinski definition) is 5. The molecule has 0 aromatic carbocycles. The summed E-state index contributed by atoms with van der Waals surface area (Å²) in [5, 5.41) is 6.57. The molecule has 2 aromatic heterocycles. The van der Waals surface area contributed by atoms with Crippen molar-refractivity contribution in [2.75, 3.05) is 31.1 Å². The fourth-order valence-electron chi connectivity index (χ4n) is 3.37. The van der Waals surface area contributed by atoms with Crippen LogP contribution in [-0.2, 0) is 0 Å². The summed E-state index contributed by atoms with van der Waals surface area (Å²) in [5.74, 6) is 1.72. The second kappa shape index (κ2) is 6.51. The SMILES string of the molecule is O=C(c1ccn[nH]1)N1CC[C@H](Oc2cccnc2N2CCCC2)C1. The molecule has 0 bridgehead atoms. The van der Waals surface area contributed by atoms with Crippen LogP contribution >= 0.6 is 0 Å². The Morgan fingerprint density at radius 1 is 1.21 bits per heavy atom. The minimum absolute atomic E-state index is 0.00224. The van der Waals surface area contributed by atoms with Crippen molar-refractivity contribution < 1.29 is 9.53 Å². The average molecular weight is 327 g/mol. The number of nitrogens with zero attached hydrogens (tertiary/aromatic N) is 4. The predicted octanol–water partition coefficient (Wildman–Crippen LogP) is 1.70. The summed E-state index contributed by atoms with van der Waals surface area (Å²) in [6, 6.07) is 5.57. The van der Waals surface area contributed by atoms with E-state index in [1.165, 1.54) is 12.8 Å². The van der Waals surface area contributed by atoms with Gasteiger partial charge in [-0.3, -0.25) is 9.89 Å². The van der Waals surface area contributed by atoms with Crippen LogP contribution in [-0.4, -0.2) is 58.3 Å². The quantitative estimate of drug-likeness (QED) is 0.925. The fraction of sp³-hybridized carbons (Fsp3) is 0.471. The molecule has 2 aliphatic rings. The van der Waals surface area contributed by atoms with Gasteiger partial charge in [0.05, 0.1) is 6.54 Å². The molecule has 2 aliphatic heterocycles. The van der Waals surface area contributed by atoms with E-state index in [1.807, 2.05) is 23.2 Å². The van der Waals surface area contributed by atoms with Gasteiger partial charge in [-0.2, -0.15) is 5.10 Å². The van der Waals surface area contributed by atoms with Gasteiger partial charge in [0, 0.05) is 38.4 Å². The van der Waals surface area contributed by atoms with E-state index in [4.69, 9.17) is 4.74 Å². The number of anilines is 1. The number of nitrogens with one attached hydrogen (secondary N) is 1. The molecule has 7 heteroatoms. The van der Waals surface area contributed by atoms with Crippen molar-refractivity contribution >= 4 is 11.7 Å². The first-order valence-corrected chi connectivity index (χ1v) is 8.46. The number of likely N-dealkylation sites (tertiary alicyclic amines) is 1. The van der Waals surface area contributed by atoms with Gasteiger partial charge >= 0.3 is 0 Å². The van der Waals surface area contributed by atoms with Crippen LogP contribution in [0.4, 0.5) is 5.82 Å². The van der Waals surface area contributed by atoms with Crippen molar-refractivity contribution in [2.45, 2.75) is 25.4 Å². The maximum atomic E-state index is 12.4. The van der Waals surface area contributed by atoms with Gasteiger partial charge in [0.2, 0.25) is 0 Å². The largest absolute Gasteiger partial charge is 0.485 e. The predicted molar refractivity (Wildman–Crippen MR) is 89.2 cm³/mol. The van der Waals surface area contributed by atoms with Gasteiger partial charge in [-0.1, -0.05) is 0 Å². The first-order chi connectivity index (χ1) is 11.8. The Balaban J connectivity index is 1.43. The highest BCUT2D eigenvalue weighted by molar-refractivity contribution is 5.92. The summed E-state index contributed by atoms with van der Waals surface area (Å²) in [6.45, 7) is 3.35. The fourth-order valence-corrected chi connectivity index (χ4v) is 3.37. The van der Waals surface area contributed by atoms with E-state index in [9.17, 15) is 4.79 Å². The van der Waals surface area contributed by atoms with Crippen molar-refractivity contribution in [1.82, 2.24) is 20.1 Å². The van der Waals surface area contributed by atoms with Crippen LogP contribution in [0.5, 0.6) is 5.75 Å². The summed E-state index contributed by atoms with van der Waals surface area (Å²) in [4.78, 5) is 21.0. The van der Waals surface area contributed by atoms with Gasteiger partial charge in [-0.15, -0.1) is 0 Å². The van der Waals surface area contributed by atoms with E-state index in [0.717, 1.165) is 31.1 Å². The highest BCUT2D eigenvalue weighted by Gasteiger charge is 2.30. The molecule has 7 nitrogen and oxygen atoms in total. The molecule has 1 amide bonds. The third-order valence-corrected chi connectivity index (χ3v) is 4.61. The molecule has 0 saturated carbocycles. The molecule has 2 saturated heterocycles. The molecule has 2 fully saturated rings. The third-order valence-electron chi connectivity index (χ3n) is 4.61. The average Bonchev–Trinajstić information content (AvgIpc) is 3.36. The Bertz CT molecular complexity index is 697. The Hall–Kier alpha value is -2.57. The zero-order valence-corrected chi connectivity index (χ0v) is 13.5. The van der Waals surface area contributed by atoms with E-state index < -0.39 is 0 Å². The normalized spacial score (nSPS) is 20.6. The monoisotopic (exact) mass is 327 g/mol. The van der Waals surface area contributed by atoms with Crippen molar-refractivity contribution in [2.24, 2.45) is 0 Å². The number of carbonyl (C=O) groups is 1. The van der Waals surface area contributed by atoms with Gasteiger partial charge < -0.3 is 14.5 Å².